The lowest BCUT2D eigenvalue weighted by atomic mass is 10.1. The summed E-state index contributed by atoms with van der Waals surface area (Å²) < 4.78 is 5.19. The molecule has 0 saturated heterocycles. The van der Waals surface area contributed by atoms with Gasteiger partial charge in [-0.3, -0.25) is 9.59 Å². The largest absolute Gasteiger partial charge is 0.497 e. The van der Waals surface area contributed by atoms with Crippen molar-refractivity contribution < 1.29 is 14.3 Å². The maximum absolute atomic E-state index is 12.9. The highest BCUT2D eigenvalue weighted by Gasteiger charge is 2.27. The van der Waals surface area contributed by atoms with Crippen molar-refractivity contribution in [3.8, 4) is 5.75 Å². The molecule has 0 atom stereocenters. The second kappa shape index (κ2) is 8.50. The molecule has 1 N–H and O–H groups in total. The summed E-state index contributed by atoms with van der Waals surface area (Å²) in [6, 6.07) is 9.26. The van der Waals surface area contributed by atoms with Crippen molar-refractivity contribution in [2.75, 3.05) is 30.9 Å². The lowest BCUT2D eigenvalue weighted by Gasteiger charge is -2.30. The van der Waals surface area contributed by atoms with Gasteiger partial charge in [-0.25, -0.2) is 9.97 Å². The molecule has 0 bridgehead atoms. The summed E-state index contributed by atoms with van der Waals surface area (Å²) in [4.78, 5) is 37.4. The monoisotopic (exact) mass is 423 g/mol. The predicted molar refractivity (Wildman–Crippen MR) is 115 cm³/mol. The molecular formula is C21H21N5O3S. The third kappa shape index (κ3) is 4.11. The van der Waals surface area contributed by atoms with Gasteiger partial charge in [0, 0.05) is 18.6 Å². The SMILES string of the molecule is COc1ccc(CN2C(=O)CNc3ncc(C(=O)N(C)Cc4cscn4)cc32)cc1. The van der Waals surface area contributed by atoms with E-state index in [0.29, 0.717) is 30.2 Å². The van der Waals surface area contributed by atoms with Crippen LogP contribution in [0.3, 0.4) is 0 Å². The van der Waals surface area contributed by atoms with Crippen LogP contribution in [0.1, 0.15) is 21.6 Å². The highest BCUT2D eigenvalue weighted by Crippen LogP contribution is 2.30. The summed E-state index contributed by atoms with van der Waals surface area (Å²) in [7, 11) is 3.33. The van der Waals surface area contributed by atoms with Crippen LogP contribution in [0.5, 0.6) is 5.75 Å². The third-order valence-electron chi connectivity index (χ3n) is 4.84. The lowest BCUT2D eigenvalue weighted by Crippen LogP contribution is -2.40. The van der Waals surface area contributed by atoms with Crippen molar-refractivity contribution >= 4 is 34.7 Å². The van der Waals surface area contributed by atoms with E-state index in [9.17, 15) is 9.59 Å². The first-order chi connectivity index (χ1) is 14.5. The molecule has 1 aliphatic heterocycles. The number of benzene rings is 1. The maximum Gasteiger partial charge on any atom is 0.255 e. The third-order valence-corrected chi connectivity index (χ3v) is 5.48. The highest BCUT2D eigenvalue weighted by atomic mass is 32.1. The first kappa shape index (κ1) is 19.8. The van der Waals surface area contributed by atoms with E-state index in [1.807, 2.05) is 29.6 Å². The molecule has 3 aromatic rings. The number of ether oxygens (including phenoxy) is 1. The fourth-order valence-corrected chi connectivity index (χ4v) is 3.79. The molecule has 30 heavy (non-hydrogen) atoms. The molecule has 8 nitrogen and oxygen atoms in total. The summed E-state index contributed by atoms with van der Waals surface area (Å²) in [6.07, 6.45) is 1.53. The summed E-state index contributed by atoms with van der Waals surface area (Å²) in [5.41, 5.74) is 4.54. The Morgan fingerprint density at radius 3 is 2.80 bits per heavy atom. The van der Waals surface area contributed by atoms with E-state index in [1.165, 1.54) is 17.5 Å². The van der Waals surface area contributed by atoms with E-state index >= 15 is 0 Å². The molecule has 2 aromatic heterocycles. The van der Waals surface area contributed by atoms with Gasteiger partial charge >= 0.3 is 0 Å². The average Bonchev–Trinajstić information content (AvgIpc) is 3.28. The topological polar surface area (TPSA) is 87.7 Å². The van der Waals surface area contributed by atoms with Gasteiger partial charge in [0.2, 0.25) is 5.91 Å². The van der Waals surface area contributed by atoms with Crippen molar-refractivity contribution in [3.05, 3.63) is 64.2 Å². The second-order valence-corrected chi connectivity index (χ2v) is 7.63. The van der Waals surface area contributed by atoms with Crippen LogP contribution in [0.15, 0.2) is 47.4 Å². The molecule has 0 aliphatic carbocycles. The van der Waals surface area contributed by atoms with Gasteiger partial charge in [-0.2, -0.15) is 0 Å². The number of aromatic nitrogens is 2. The van der Waals surface area contributed by atoms with Gasteiger partial charge in [0.1, 0.15) is 5.75 Å². The van der Waals surface area contributed by atoms with Crippen LogP contribution >= 0.6 is 11.3 Å². The summed E-state index contributed by atoms with van der Waals surface area (Å²) in [5.74, 6) is 1.08. The molecule has 0 radical (unpaired) electrons. The zero-order chi connectivity index (χ0) is 21.1. The smallest absolute Gasteiger partial charge is 0.255 e. The number of hydrogen-bond acceptors (Lipinski definition) is 7. The van der Waals surface area contributed by atoms with Crippen LogP contribution in [0.2, 0.25) is 0 Å². The van der Waals surface area contributed by atoms with Crippen molar-refractivity contribution in [1.82, 2.24) is 14.9 Å². The minimum atomic E-state index is -0.180. The lowest BCUT2D eigenvalue weighted by molar-refractivity contribution is -0.117. The molecular weight excluding hydrogens is 402 g/mol. The molecule has 0 fully saturated rings. The summed E-state index contributed by atoms with van der Waals surface area (Å²) in [5, 5.41) is 4.93. The van der Waals surface area contributed by atoms with E-state index < -0.39 is 0 Å². The van der Waals surface area contributed by atoms with Gasteiger partial charge in [-0.05, 0) is 23.8 Å². The summed E-state index contributed by atoms with van der Waals surface area (Å²) >= 11 is 1.49. The molecule has 1 aromatic carbocycles. The number of thiazole rings is 1. The van der Waals surface area contributed by atoms with Gasteiger partial charge in [-0.15, -0.1) is 11.3 Å². The molecule has 9 heteroatoms. The molecule has 0 spiro atoms. The summed E-state index contributed by atoms with van der Waals surface area (Å²) in [6.45, 7) is 0.949. The number of rotatable bonds is 6. The number of amides is 2. The second-order valence-electron chi connectivity index (χ2n) is 6.91. The molecule has 0 unspecified atom stereocenters. The van der Waals surface area contributed by atoms with E-state index in [-0.39, 0.29) is 18.4 Å². The minimum Gasteiger partial charge on any atom is -0.497 e. The van der Waals surface area contributed by atoms with Crippen LogP contribution < -0.4 is 15.0 Å². The van der Waals surface area contributed by atoms with Gasteiger partial charge in [-0.1, -0.05) is 12.1 Å². The van der Waals surface area contributed by atoms with Gasteiger partial charge in [0.15, 0.2) is 5.82 Å². The Kier molecular flexibility index (Phi) is 5.62. The molecule has 3 heterocycles. The molecule has 1 aliphatic rings. The maximum atomic E-state index is 12.9. The number of hydrogen-bond donors (Lipinski definition) is 1. The normalized spacial score (nSPS) is 12.9. The quantitative estimate of drug-likeness (QED) is 0.656. The number of fused-ring (bicyclic) bond motifs is 1. The van der Waals surface area contributed by atoms with Gasteiger partial charge in [0.25, 0.3) is 5.91 Å². The van der Waals surface area contributed by atoms with Gasteiger partial charge in [0.05, 0.1) is 49.2 Å². The Hall–Kier alpha value is -3.46. The molecule has 2 amide bonds. The van der Waals surface area contributed by atoms with Crippen LogP contribution in [0.4, 0.5) is 11.5 Å². The first-order valence-electron chi connectivity index (χ1n) is 9.35. The fourth-order valence-electron chi connectivity index (χ4n) is 3.24. The molecule has 4 rings (SSSR count). The fraction of sp³-hybridized carbons (Fsp3) is 0.238. The Morgan fingerprint density at radius 1 is 1.30 bits per heavy atom. The van der Waals surface area contributed by atoms with Crippen LogP contribution in [-0.4, -0.2) is 47.4 Å². The number of carbonyl (C=O) groups is 2. The number of methoxy groups -OCH3 is 1. The highest BCUT2D eigenvalue weighted by molar-refractivity contribution is 7.07. The molecule has 0 saturated carbocycles. The van der Waals surface area contributed by atoms with Crippen LogP contribution in [-0.2, 0) is 17.9 Å². The number of nitrogens with zero attached hydrogens (tertiary/aromatic N) is 4. The van der Waals surface area contributed by atoms with E-state index in [2.05, 4.69) is 15.3 Å². The Labute approximate surface area is 178 Å². The number of anilines is 2. The minimum absolute atomic E-state index is 0.0828. The Bertz CT molecular complexity index is 1050. The number of pyridine rings is 1. The van der Waals surface area contributed by atoms with E-state index in [0.717, 1.165) is 17.0 Å². The molecule has 154 valence electrons. The van der Waals surface area contributed by atoms with Crippen LogP contribution in [0, 0.1) is 0 Å². The Balaban J connectivity index is 1.58. The average molecular weight is 423 g/mol. The van der Waals surface area contributed by atoms with Crippen molar-refractivity contribution in [1.29, 1.82) is 0 Å². The van der Waals surface area contributed by atoms with Gasteiger partial charge < -0.3 is 19.9 Å². The number of carbonyl (C=O) groups excluding carboxylic acids is 2. The number of nitrogens with one attached hydrogen (secondary N) is 1. The van der Waals surface area contributed by atoms with Crippen molar-refractivity contribution in [2.24, 2.45) is 0 Å². The van der Waals surface area contributed by atoms with E-state index in [1.54, 1.807) is 35.5 Å². The predicted octanol–water partition coefficient (Wildman–Crippen LogP) is 2.78. The Morgan fingerprint density at radius 2 is 2.10 bits per heavy atom. The first-order valence-corrected chi connectivity index (χ1v) is 10.3. The standard InChI is InChI=1S/C21H21N5O3S/c1-25(11-16-12-30-13-24-16)21(28)15-7-18-20(22-8-15)23-9-19(27)26(18)10-14-3-5-17(29-2)6-4-14/h3-8,12-13H,9-11H2,1-2H3,(H,22,23). The van der Waals surface area contributed by atoms with Crippen LogP contribution in [0.25, 0.3) is 0 Å². The zero-order valence-electron chi connectivity index (χ0n) is 16.7. The van der Waals surface area contributed by atoms with Crippen molar-refractivity contribution in [2.45, 2.75) is 13.1 Å². The zero-order valence-corrected chi connectivity index (χ0v) is 17.5. The van der Waals surface area contributed by atoms with E-state index in [4.69, 9.17) is 4.74 Å². The van der Waals surface area contributed by atoms with Crippen molar-refractivity contribution in [3.63, 3.8) is 0 Å².